The second-order valence-electron chi connectivity index (χ2n) is 9.29. The van der Waals surface area contributed by atoms with Gasteiger partial charge in [0.05, 0.1) is 6.61 Å². The molecule has 3 heterocycles. The molecular weight excluding hydrogens is 524 g/mol. The van der Waals surface area contributed by atoms with Crippen LogP contribution in [-0.4, -0.2) is 14.5 Å². The Balaban J connectivity index is 1.46. The second-order valence-corrected chi connectivity index (χ2v) is 10.6. The number of hydrogen-bond acceptors (Lipinski definition) is 5. The summed E-state index contributed by atoms with van der Waals surface area (Å²) in [6.07, 6.45) is 2.11. The van der Waals surface area contributed by atoms with Crippen molar-refractivity contribution in [1.29, 1.82) is 0 Å². The molecule has 0 saturated heterocycles. The molecule has 0 bridgehead atoms. The van der Waals surface area contributed by atoms with E-state index in [0.717, 1.165) is 32.9 Å². The zero-order valence-corrected chi connectivity index (χ0v) is 22.9. The monoisotopic (exact) mass is 550 g/mol. The number of anilines is 1. The molecular formula is C32H27ClN4OS. The van der Waals surface area contributed by atoms with Gasteiger partial charge >= 0.3 is 0 Å². The maximum atomic E-state index is 6.61. The van der Waals surface area contributed by atoms with Crippen LogP contribution in [0, 0.1) is 0 Å². The van der Waals surface area contributed by atoms with Crippen LogP contribution in [0.4, 0.5) is 5.82 Å². The average Bonchev–Trinajstić information content (AvgIpc) is 3.63. The molecule has 0 fully saturated rings. The molecule has 0 spiro atoms. The molecule has 0 aliphatic carbocycles. The molecule has 6 rings (SSSR count). The standard InChI is InChI=1S/C32H27ClN4OS/c33-32-34-29-27(28-17-10-18-39-28)21-37(23-38-22-26-15-8-3-9-16-26)30(29)31(35-32)36(19-24-11-4-1-5-12-24)20-25-13-6-2-7-14-25/h1-18,21H,19-20,22-23H2. The van der Waals surface area contributed by atoms with Gasteiger partial charge in [-0.05, 0) is 39.7 Å². The first-order valence-corrected chi connectivity index (χ1v) is 14.0. The van der Waals surface area contributed by atoms with Crippen molar-refractivity contribution < 1.29 is 4.74 Å². The van der Waals surface area contributed by atoms with Gasteiger partial charge in [0.15, 0.2) is 5.82 Å². The number of hydrogen-bond donors (Lipinski definition) is 0. The summed E-state index contributed by atoms with van der Waals surface area (Å²) in [6.45, 7) is 2.21. The fourth-order valence-corrected chi connectivity index (χ4v) is 5.64. The van der Waals surface area contributed by atoms with Gasteiger partial charge in [0.1, 0.15) is 17.8 Å². The van der Waals surface area contributed by atoms with E-state index in [1.165, 1.54) is 11.1 Å². The fraction of sp³-hybridized carbons (Fsp3) is 0.125. The van der Waals surface area contributed by atoms with E-state index in [9.17, 15) is 0 Å². The van der Waals surface area contributed by atoms with Crippen molar-refractivity contribution in [3.05, 3.63) is 137 Å². The number of halogens is 1. The molecule has 0 radical (unpaired) electrons. The number of ether oxygens (including phenoxy) is 1. The van der Waals surface area contributed by atoms with Crippen LogP contribution in [0.1, 0.15) is 16.7 Å². The molecule has 0 N–H and O–H groups in total. The lowest BCUT2D eigenvalue weighted by molar-refractivity contribution is 0.0668. The van der Waals surface area contributed by atoms with Crippen LogP contribution >= 0.6 is 22.9 Å². The summed E-state index contributed by atoms with van der Waals surface area (Å²) in [5, 5.41) is 2.30. The summed E-state index contributed by atoms with van der Waals surface area (Å²) in [5.41, 5.74) is 6.25. The molecule has 3 aromatic carbocycles. The zero-order chi connectivity index (χ0) is 26.4. The number of nitrogens with zero attached hydrogens (tertiary/aromatic N) is 4. The van der Waals surface area contributed by atoms with Crippen LogP contribution in [0.15, 0.2) is 115 Å². The van der Waals surface area contributed by atoms with Crippen molar-refractivity contribution in [1.82, 2.24) is 14.5 Å². The first kappa shape index (κ1) is 25.3. The Hall–Kier alpha value is -3.97. The van der Waals surface area contributed by atoms with Gasteiger partial charge in [-0.3, -0.25) is 0 Å². The smallest absolute Gasteiger partial charge is 0.225 e. The van der Waals surface area contributed by atoms with E-state index in [4.69, 9.17) is 26.3 Å². The lowest BCUT2D eigenvalue weighted by atomic mass is 10.1. The Morgan fingerprint density at radius 3 is 1.95 bits per heavy atom. The van der Waals surface area contributed by atoms with E-state index in [2.05, 4.69) is 93.8 Å². The van der Waals surface area contributed by atoms with Crippen LogP contribution in [0.5, 0.6) is 0 Å². The van der Waals surface area contributed by atoms with Crippen molar-refractivity contribution in [3.63, 3.8) is 0 Å². The summed E-state index contributed by atoms with van der Waals surface area (Å²) in [6, 6.07) is 35.2. The predicted octanol–water partition coefficient (Wildman–Crippen LogP) is 8.19. The van der Waals surface area contributed by atoms with E-state index in [0.29, 0.717) is 26.4 Å². The SMILES string of the molecule is Clc1nc(N(Cc2ccccc2)Cc2ccccc2)c2c(n1)c(-c1cccs1)cn2COCc1ccccc1. The minimum atomic E-state index is 0.226. The molecule has 39 heavy (non-hydrogen) atoms. The normalized spacial score (nSPS) is 11.2. The van der Waals surface area contributed by atoms with E-state index in [1.807, 2.05) is 30.3 Å². The number of benzene rings is 3. The third-order valence-electron chi connectivity index (χ3n) is 6.53. The average molecular weight is 551 g/mol. The summed E-state index contributed by atoms with van der Waals surface area (Å²) in [7, 11) is 0. The molecule has 6 aromatic rings. The maximum Gasteiger partial charge on any atom is 0.225 e. The first-order valence-electron chi connectivity index (χ1n) is 12.8. The van der Waals surface area contributed by atoms with Gasteiger partial charge < -0.3 is 14.2 Å². The molecule has 0 saturated carbocycles. The lowest BCUT2D eigenvalue weighted by Crippen LogP contribution is -2.24. The van der Waals surface area contributed by atoms with Crippen molar-refractivity contribution in [3.8, 4) is 10.4 Å². The third-order valence-corrected chi connectivity index (χ3v) is 7.60. The highest BCUT2D eigenvalue weighted by Gasteiger charge is 2.23. The molecule has 194 valence electrons. The second kappa shape index (κ2) is 11.8. The predicted molar refractivity (Wildman–Crippen MR) is 160 cm³/mol. The summed E-state index contributed by atoms with van der Waals surface area (Å²) in [4.78, 5) is 13.0. The van der Waals surface area contributed by atoms with Crippen molar-refractivity contribution in [2.75, 3.05) is 4.90 Å². The van der Waals surface area contributed by atoms with Crippen molar-refractivity contribution in [2.45, 2.75) is 26.4 Å². The highest BCUT2D eigenvalue weighted by molar-refractivity contribution is 7.13. The van der Waals surface area contributed by atoms with Gasteiger partial charge in [0, 0.05) is 29.7 Å². The Morgan fingerprint density at radius 1 is 0.744 bits per heavy atom. The topological polar surface area (TPSA) is 43.2 Å². The summed E-state index contributed by atoms with van der Waals surface area (Å²) < 4.78 is 8.32. The zero-order valence-electron chi connectivity index (χ0n) is 21.3. The largest absolute Gasteiger partial charge is 0.356 e. The molecule has 0 amide bonds. The molecule has 0 unspecified atom stereocenters. The maximum absolute atomic E-state index is 6.61. The Morgan fingerprint density at radius 2 is 1.36 bits per heavy atom. The van der Waals surface area contributed by atoms with Gasteiger partial charge in [0.25, 0.3) is 0 Å². The first-order chi connectivity index (χ1) is 19.2. The molecule has 3 aromatic heterocycles. The van der Waals surface area contributed by atoms with E-state index in [1.54, 1.807) is 11.3 Å². The third kappa shape index (κ3) is 5.88. The Kier molecular flexibility index (Phi) is 7.68. The molecule has 7 heteroatoms. The molecule has 5 nitrogen and oxygen atoms in total. The lowest BCUT2D eigenvalue weighted by Gasteiger charge is -2.25. The Labute approximate surface area is 236 Å². The molecule has 0 aliphatic rings. The highest BCUT2D eigenvalue weighted by Crippen LogP contribution is 2.37. The molecule has 0 aliphatic heterocycles. The summed E-state index contributed by atoms with van der Waals surface area (Å²) in [5.74, 6) is 0.781. The van der Waals surface area contributed by atoms with Crippen molar-refractivity contribution in [2.24, 2.45) is 0 Å². The van der Waals surface area contributed by atoms with Crippen LogP contribution < -0.4 is 4.90 Å². The number of rotatable bonds is 10. The van der Waals surface area contributed by atoms with Crippen LogP contribution in [0.2, 0.25) is 5.28 Å². The fourth-order valence-electron chi connectivity index (χ4n) is 4.73. The van der Waals surface area contributed by atoms with Gasteiger partial charge in [-0.15, -0.1) is 11.3 Å². The Bertz CT molecular complexity index is 1600. The van der Waals surface area contributed by atoms with Crippen LogP contribution in [-0.2, 0) is 31.2 Å². The van der Waals surface area contributed by atoms with E-state index >= 15 is 0 Å². The summed E-state index contributed by atoms with van der Waals surface area (Å²) >= 11 is 8.29. The quantitative estimate of drug-likeness (QED) is 0.161. The van der Waals surface area contributed by atoms with Gasteiger partial charge in [0.2, 0.25) is 5.28 Å². The molecule has 0 atom stereocenters. The van der Waals surface area contributed by atoms with Crippen LogP contribution in [0.25, 0.3) is 21.5 Å². The minimum absolute atomic E-state index is 0.226. The minimum Gasteiger partial charge on any atom is -0.356 e. The van der Waals surface area contributed by atoms with Gasteiger partial charge in [-0.2, -0.15) is 4.98 Å². The van der Waals surface area contributed by atoms with Crippen LogP contribution in [0.3, 0.4) is 0 Å². The van der Waals surface area contributed by atoms with E-state index in [-0.39, 0.29) is 5.28 Å². The van der Waals surface area contributed by atoms with Gasteiger partial charge in [-0.1, -0.05) is 97.1 Å². The number of fused-ring (bicyclic) bond motifs is 1. The van der Waals surface area contributed by atoms with Gasteiger partial charge in [-0.25, -0.2) is 4.98 Å². The number of thiophene rings is 1. The number of aromatic nitrogens is 3. The van der Waals surface area contributed by atoms with E-state index < -0.39 is 0 Å². The highest BCUT2D eigenvalue weighted by atomic mass is 35.5. The van der Waals surface area contributed by atoms with Crippen molar-refractivity contribution >= 4 is 39.8 Å².